The molecule has 16 heavy (non-hydrogen) atoms. The number of hydrogen-bond acceptors (Lipinski definition) is 4. The lowest BCUT2D eigenvalue weighted by atomic mass is 10.1. The summed E-state index contributed by atoms with van der Waals surface area (Å²) in [5.41, 5.74) is 6.54. The zero-order chi connectivity index (χ0) is 12.3. The number of nitrogens with zero attached hydrogens (tertiary/aromatic N) is 1. The van der Waals surface area contributed by atoms with E-state index in [1.807, 2.05) is 0 Å². The summed E-state index contributed by atoms with van der Waals surface area (Å²) in [6, 6.07) is 6.59. The van der Waals surface area contributed by atoms with E-state index >= 15 is 0 Å². The van der Waals surface area contributed by atoms with Gasteiger partial charge in [0.2, 0.25) is 10.0 Å². The van der Waals surface area contributed by atoms with Gasteiger partial charge in [-0.15, -0.1) is 0 Å². The average molecular weight is 244 g/mol. The van der Waals surface area contributed by atoms with Crippen molar-refractivity contribution in [1.82, 2.24) is 0 Å². The van der Waals surface area contributed by atoms with E-state index in [1.165, 1.54) is 11.4 Å². The van der Waals surface area contributed by atoms with E-state index in [-0.39, 0.29) is 6.54 Å². The van der Waals surface area contributed by atoms with Gasteiger partial charge in [0.15, 0.2) is 0 Å². The Morgan fingerprint density at radius 2 is 1.88 bits per heavy atom. The molecule has 1 unspecified atom stereocenters. The Kier molecular flexibility index (Phi) is 3.90. The third-order valence-electron chi connectivity index (χ3n) is 2.36. The van der Waals surface area contributed by atoms with Crippen LogP contribution in [0.1, 0.15) is 11.7 Å². The number of sulfonamides is 1. The fourth-order valence-electron chi connectivity index (χ4n) is 1.23. The van der Waals surface area contributed by atoms with Crippen LogP contribution in [0.5, 0.6) is 0 Å². The highest BCUT2D eigenvalue weighted by Gasteiger charge is 2.12. The molecule has 90 valence electrons. The Bertz CT molecular complexity index is 442. The van der Waals surface area contributed by atoms with Gasteiger partial charge < -0.3 is 10.8 Å². The van der Waals surface area contributed by atoms with Crippen molar-refractivity contribution in [2.45, 2.75) is 6.10 Å². The molecule has 3 N–H and O–H groups in total. The topological polar surface area (TPSA) is 83.6 Å². The molecule has 0 heterocycles. The van der Waals surface area contributed by atoms with Crippen molar-refractivity contribution in [2.75, 3.05) is 24.2 Å². The third kappa shape index (κ3) is 2.94. The highest BCUT2D eigenvalue weighted by molar-refractivity contribution is 7.92. The van der Waals surface area contributed by atoms with Crippen LogP contribution in [0, 0.1) is 0 Å². The molecular weight excluding hydrogens is 228 g/mol. The van der Waals surface area contributed by atoms with Gasteiger partial charge in [-0.1, -0.05) is 12.1 Å². The van der Waals surface area contributed by atoms with E-state index in [0.717, 1.165) is 6.26 Å². The summed E-state index contributed by atoms with van der Waals surface area (Å²) >= 11 is 0. The molecule has 0 amide bonds. The molecule has 1 aromatic carbocycles. The van der Waals surface area contributed by atoms with E-state index in [2.05, 4.69) is 0 Å². The number of aliphatic hydroxyl groups excluding tert-OH is 1. The van der Waals surface area contributed by atoms with E-state index in [9.17, 15) is 13.5 Å². The zero-order valence-electron chi connectivity index (χ0n) is 9.29. The smallest absolute Gasteiger partial charge is 0.231 e. The van der Waals surface area contributed by atoms with Crippen molar-refractivity contribution in [3.8, 4) is 0 Å². The van der Waals surface area contributed by atoms with Crippen LogP contribution in [-0.2, 0) is 10.0 Å². The first kappa shape index (κ1) is 13.0. The molecule has 0 saturated carbocycles. The lowest BCUT2D eigenvalue weighted by Crippen LogP contribution is -2.24. The summed E-state index contributed by atoms with van der Waals surface area (Å²) in [6.45, 7) is 0.140. The molecule has 0 aliphatic rings. The van der Waals surface area contributed by atoms with Crippen LogP contribution in [0.2, 0.25) is 0 Å². The van der Waals surface area contributed by atoms with E-state index in [0.29, 0.717) is 11.3 Å². The Labute approximate surface area is 95.5 Å². The first-order chi connectivity index (χ1) is 7.36. The molecule has 0 spiro atoms. The molecule has 0 fully saturated rings. The van der Waals surface area contributed by atoms with Crippen LogP contribution in [0.4, 0.5) is 5.69 Å². The lowest BCUT2D eigenvalue weighted by Gasteiger charge is -2.17. The maximum absolute atomic E-state index is 11.3. The summed E-state index contributed by atoms with van der Waals surface area (Å²) in [5, 5.41) is 9.46. The first-order valence-electron chi connectivity index (χ1n) is 4.78. The zero-order valence-corrected chi connectivity index (χ0v) is 10.1. The predicted molar refractivity (Wildman–Crippen MR) is 63.7 cm³/mol. The summed E-state index contributed by atoms with van der Waals surface area (Å²) in [6.07, 6.45) is 0.424. The molecule has 5 nitrogen and oxygen atoms in total. The Morgan fingerprint density at radius 1 is 1.38 bits per heavy atom. The van der Waals surface area contributed by atoms with Crippen molar-refractivity contribution in [1.29, 1.82) is 0 Å². The van der Waals surface area contributed by atoms with Gasteiger partial charge in [0, 0.05) is 13.6 Å². The monoisotopic (exact) mass is 244 g/mol. The minimum absolute atomic E-state index is 0.140. The number of rotatable bonds is 4. The van der Waals surface area contributed by atoms with E-state index in [4.69, 9.17) is 5.73 Å². The maximum atomic E-state index is 11.3. The molecule has 0 aromatic heterocycles. The second-order valence-electron chi connectivity index (χ2n) is 3.57. The molecule has 1 atom stereocenters. The van der Waals surface area contributed by atoms with E-state index in [1.54, 1.807) is 24.3 Å². The lowest BCUT2D eigenvalue weighted by molar-refractivity contribution is 0.187. The van der Waals surface area contributed by atoms with Crippen LogP contribution in [0.15, 0.2) is 24.3 Å². The minimum Gasteiger partial charge on any atom is -0.387 e. The van der Waals surface area contributed by atoms with Gasteiger partial charge in [0.25, 0.3) is 0 Å². The Morgan fingerprint density at radius 3 is 2.25 bits per heavy atom. The van der Waals surface area contributed by atoms with Crippen LogP contribution < -0.4 is 10.0 Å². The second kappa shape index (κ2) is 4.82. The number of hydrogen-bond donors (Lipinski definition) is 2. The minimum atomic E-state index is -3.25. The van der Waals surface area contributed by atoms with Crippen molar-refractivity contribution >= 4 is 15.7 Å². The summed E-state index contributed by atoms with van der Waals surface area (Å²) in [4.78, 5) is 0. The normalized spacial score (nSPS) is 13.5. The highest BCUT2D eigenvalue weighted by Crippen LogP contribution is 2.19. The average Bonchev–Trinajstić information content (AvgIpc) is 2.26. The maximum Gasteiger partial charge on any atom is 0.231 e. The van der Waals surface area contributed by atoms with Crippen molar-refractivity contribution < 1.29 is 13.5 Å². The van der Waals surface area contributed by atoms with Crippen molar-refractivity contribution in [2.24, 2.45) is 5.73 Å². The molecule has 0 aliphatic heterocycles. The van der Waals surface area contributed by atoms with Gasteiger partial charge in [0.05, 0.1) is 18.0 Å². The third-order valence-corrected chi connectivity index (χ3v) is 3.57. The van der Waals surface area contributed by atoms with Crippen LogP contribution in [0.3, 0.4) is 0 Å². The second-order valence-corrected chi connectivity index (χ2v) is 5.59. The van der Waals surface area contributed by atoms with E-state index < -0.39 is 16.1 Å². The molecule has 1 aromatic rings. The Balaban J connectivity index is 2.96. The van der Waals surface area contributed by atoms with Gasteiger partial charge >= 0.3 is 0 Å². The summed E-state index contributed by atoms with van der Waals surface area (Å²) < 4.78 is 23.7. The predicted octanol–water partition coefficient (Wildman–Crippen LogP) is 0.0745. The SMILES string of the molecule is CN(c1ccc(C(O)CN)cc1)S(C)(=O)=O. The molecular formula is C10H16N2O3S. The summed E-state index contributed by atoms with van der Waals surface area (Å²) in [7, 11) is -1.77. The molecule has 6 heteroatoms. The van der Waals surface area contributed by atoms with Crippen LogP contribution in [0.25, 0.3) is 0 Å². The van der Waals surface area contributed by atoms with Gasteiger partial charge in [0.1, 0.15) is 0 Å². The van der Waals surface area contributed by atoms with Gasteiger partial charge in [-0.05, 0) is 17.7 Å². The van der Waals surface area contributed by atoms with Crippen molar-refractivity contribution in [3.63, 3.8) is 0 Å². The molecule has 0 aliphatic carbocycles. The first-order valence-corrected chi connectivity index (χ1v) is 6.63. The number of aliphatic hydroxyl groups is 1. The van der Waals surface area contributed by atoms with Gasteiger partial charge in [-0.3, -0.25) is 4.31 Å². The molecule has 0 saturated heterocycles. The van der Waals surface area contributed by atoms with Crippen molar-refractivity contribution in [3.05, 3.63) is 29.8 Å². The number of nitrogens with two attached hydrogens (primary N) is 1. The number of benzene rings is 1. The Hall–Kier alpha value is -1.11. The summed E-state index contributed by atoms with van der Waals surface area (Å²) in [5.74, 6) is 0. The highest BCUT2D eigenvalue weighted by atomic mass is 32.2. The van der Waals surface area contributed by atoms with Gasteiger partial charge in [-0.2, -0.15) is 0 Å². The number of anilines is 1. The van der Waals surface area contributed by atoms with Crippen LogP contribution >= 0.6 is 0 Å². The largest absolute Gasteiger partial charge is 0.387 e. The fourth-order valence-corrected chi connectivity index (χ4v) is 1.74. The quantitative estimate of drug-likeness (QED) is 0.785. The molecule has 0 radical (unpaired) electrons. The van der Waals surface area contributed by atoms with Gasteiger partial charge in [-0.25, -0.2) is 8.42 Å². The standard InChI is InChI=1S/C10H16N2O3S/c1-12(16(2,14)15)9-5-3-8(4-6-9)10(13)7-11/h3-6,10,13H,7,11H2,1-2H3. The molecule has 0 bridgehead atoms. The fraction of sp³-hybridized carbons (Fsp3) is 0.400. The molecule has 1 rings (SSSR count). The van der Waals surface area contributed by atoms with Crippen LogP contribution in [-0.4, -0.2) is 33.4 Å².